The van der Waals surface area contributed by atoms with Crippen molar-refractivity contribution in [1.82, 2.24) is 15.0 Å². The molecule has 2 aromatic heterocycles. The fraction of sp³-hybridized carbons (Fsp3) is 0.194. The van der Waals surface area contributed by atoms with Crippen LogP contribution in [0.5, 0.6) is 0 Å². The number of rotatable bonds is 8. The van der Waals surface area contributed by atoms with Crippen molar-refractivity contribution in [1.29, 1.82) is 0 Å². The summed E-state index contributed by atoms with van der Waals surface area (Å²) in [5.41, 5.74) is 1.93. The van der Waals surface area contributed by atoms with Crippen molar-refractivity contribution in [3.8, 4) is 21.8 Å². The van der Waals surface area contributed by atoms with Gasteiger partial charge in [0.15, 0.2) is 25.7 Å². The predicted molar refractivity (Wildman–Crippen MR) is 175 cm³/mol. The van der Waals surface area contributed by atoms with E-state index in [1.54, 1.807) is 24.3 Å². The molecule has 0 radical (unpaired) electrons. The van der Waals surface area contributed by atoms with Gasteiger partial charge in [0.05, 0.1) is 46.7 Å². The number of nitrogens with zero attached hydrogens (tertiary/aromatic N) is 4. The number of benzene rings is 3. The van der Waals surface area contributed by atoms with Gasteiger partial charge in [-0.1, -0.05) is 29.5 Å². The fourth-order valence-corrected chi connectivity index (χ4v) is 9.36. The van der Waals surface area contributed by atoms with Crippen LogP contribution in [-0.2, 0) is 36.1 Å². The van der Waals surface area contributed by atoms with Crippen LogP contribution >= 0.6 is 11.3 Å². The second kappa shape index (κ2) is 12.5. The Morgan fingerprint density at radius 3 is 2.40 bits per heavy atom. The van der Waals surface area contributed by atoms with E-state index in [9.17, 15) is 25.6 Å². The van der Waals surface area contributed by atoms with Crippen molar-refractivity contribution < 1.29 is 34.7 Å². The van der Waals surface area contributed by atoms with Crippen molar-refractivity contribution in [3.63, 3.8) is 0 Å². The number of sulfone groups is 1. The largest absolute Gasteiger partial charge is 0.378 e. The molecule has 0 spiro atoms. The molecular formula is C31H25F3N6O5S3. The summed E-state index contributed by atoms with van der Waals surface area (Å²) in [6.07, 6.45) is 1.50. The van der Waals surface area contributed by atoms with Crippen LogP contribution in [0.25, 0.3) is 21.8 Å². The van der Waals surface area contributed by atoms with E-state index in [0.29, 0.717) is 53.3 Å². The maximum atomic E-state index is 16.2. The van der Waals surface area contributed by atoms with Crippen LogP contribution in [0, 0.1) is 17.5 Å². The first kappa shape index (κ1) is 32.0. The summed E-state index contributed by atoms with van der Waals surface area (Å²) in [7, 11) is -8.05. The predicted octanol–water partition coefficient (Wildman–Crippen LogP) is 5.49. The monoisotopic (exact) mass is 714 g/mol. The first-order chi connectivity index (χ1) is 23.0. The average molecular weight is 715 g/mol. The second-order valence-corrected chi connectivity index (χ2v) is 15.7. The van der Waals surface area contributed by atoms with E-state index >= 15 is 4.39 Å². The SMILES string of the molecule is O=S1(=O)Cc2ccc(Nc3nccc(-c4sc(N5CCOCC5)nc4-c4cccc(NS(=O)(=O)c5c(F)cccc5F)c4F)n3)cc2C1. The van der Waals surface area contributed by atoms with Crippen molar-refractivity contribution in [2.24, 2.45) is 0 Å². The average Bonchev–Trinajstić information content (AvgIpc) is 3.62. The van der Waals surface area contributed by atoms with Gasteiger partial charge in [0.2, 0.25) is 5.95 Å². The standard InChI is InChI=1S/C31H25F3N6O5S3/c32-22-4-2-5-23(33)29(22)48(43,44)39-24-6-1-3-21(26(24)34)27-28(46-31(38-27)40-11-13-45-14-12-40)25-9-10-35-30(37-25)36-20-8-7-18-16-47(41,42)17-19(18)15-20/h1-10,15,39H,11-14,16-17H2,(H,35,36,37). The molecule has 248 valence electrons. The first-order valence-corrected chi connectivity index (χ1v) is 18.6. The summed E-state index contributed by atoms with van der Waals surface area (Å²) in [4.78, 5) is 14.9. The summed E-state index contributed by atoms with van der Waals surface area (Å²) >= 11 is 1.24. The lowest BCUT2D eigenvalue weighted by Gasteiger charge is -2.26. The molecular weight excluding hydrogens is 690 g/mol. The number of ether oxygens (including phenoxy) is 1. The second-order valence-electron chi connectivity index (χ2n) is 11.0. The van der Waals surface area contributed by atoms with Crippen LogP contribution in [0.1, 0.15) is 11.1 Å². The Balaban J connectivity index is 1.26. The van der Waals surface area contributed by atoms with Gasteiger partial charge in [0.25, 0.3) is 10.0 Å². The van der Waals surface area contributed by atoms with Crippen LogP contribution in [-0.4, -0.2) is 58.1 Å². The van der Waals surface area contributed by atoms with E-state index in [2.05, 4.69) is 15.3 Å². The molecule has 0 amide bonds. The van der Waals surface area contributed by atoms with Crippen molar-refractivity contribution in [2.45, 2.75) is 16.4 Å². The third-order valence-corrected chi connectivity index (χ3v) is 11.7. The zero-order chi connectivity index (χ0) is 33.6. The molecule has 0 atom stereocenters. The van der Waals surface area contributed by atoms with E-state index in [1.807, 2.05) is 9.62 Å². The Hall–Kier alpha value is -4.58. The molecule has 17 heteroatoms. The normalized spacial score (nSPS) is 15.7. The highest BCUT2D eigenvalue weighted by Gasteiger charge is 2.28. The minimum Gasteiger partial charge on any atom is -0.378 e. The summed E-state index contributed by atoms with van der Waals surface area (Å²) in [5, 5.41) is 3.65. The quantitative estimate of drug-likeness (QED) is 0.212. The summed E-state index contributed by atoms with van der Waals surface area (Å²) in [5.74, 6) is -3.53. The number of nitrogens with one attached hydrogen (secondary N) is 2. The Labute approximate surface area is 277 Å². The highest BCUT2D eigenvalue weighted by Crippen LogP contribution is 2.42. The Morgan fingerprint density at radius 1 is 0.896 bits per heavy atom. The van der Waals surface area contributed by atoms with E-state index in [4.69, 9.17) is 9.72 Å². The fourth-order valence-electron chi connectivity index (χ4n) is 5.46. The van der Waals surface area contributed by atoms with E-state index in [-0.39, 0.29) is 28.7 Å². The number of halogens is 3. The maximum Gasteiger partial charge on any atom is 0.267 e. The lowest BCUT2D eigenvalue weighted by Crippen LogP contribution is -2.36. The zero-order valence-electron chi connectivity index (χ0n) is 24.8. The molecule has 4 heterocycles. The zero-order valence-corrected chi connectivity index (χ0v) is 27.2. The molecule has 3 aromatic carbocycles. The maximum absolute atomic E-state index is 16.2. The number of hydrogen-bond donors (Lipinski definition) is 2. The van der Waals surface area contributed by atoms with Crippen molar-refractivity contribution in [3.05, 3.63) is 95.4 Å². The van der Waals surface area contributed by atoms with Crippen LogP contribution < -0.4 is 14.9 Å². The van der Waals surface area contributed by atoms with Gasteiger partial charge >= 0.3 is 0 Å². The van der Waals surface area contributed by atoms with Gasteiger partial charge in [-0.05, 0) is 53.6 Å². The molecule has 5 aromatic rings. The van der Waals surface area contributed by atoms with Crippen LogP contribution in [0.3, 0.4) is 0 Å². The van der Waals surface area contributed by atoms with Crippen LogP contribution in [0.4, 0.5) is 35.6 Å². The molecule has 0 saturated carbocycles. The highest BCUT2D eigenvalue weighted by molar-refractivity contribution is 7.92. The van der Waals surface area contributed by atoms with Gasteiger partial charge < -0.3 is 15.0 Å². The number of thiazole rings is 1. The molecule has 2 aliphatic heterocycles. The first-order valence-electron chi connectivity index (χ1n) is 14.5. The third-order valence-electron chi connectivity index (χ3n) is 7.68. The molecule has 0 unspecified atom stereocenters. The molecule has 0 aliphatic carbocycles. The summed E-state index contributed by atoms with van der Waals surface area (Å²) in [6, 6.07) is 13.4. The number of aromatic nitrogens is 3. The summed E-state index contributed by atoms with van der Waals surface area (Å²) < 4.78 is 102. The molecule has 0 bridgehead atoms. The molecule has 48 heavy (non-hydrogen) atoms. The minimum absolute atomic E-state index is 0.00648. The molecule has 2 N–H and O–H groups in total. The Kier molecular flexibility index (Phi) is 8.31. The lowest BCUT2D eigenvalue weighted by atomic mass is 10.1. The molecule has 7 rings (SSSR count). The van der Waals surface area contributed by atoms with Crippen LogP contribution in [0.2, 0.25) is 0 Å². The smallest absolute Gasteiger partial charge is 0.267 e. The number of morpholine rings is 1. The number of fused-ring (bicyclic) bond motifs is 1. The summed E-state index contributed by atoms with van der Waals surface area (Å²) in [6.45, 7) is 2.00. The van der Waals surface area contributed by atoms with E-state index < -0.39 is 47.9 Å². The topological polar surface area (TPSA) is 143 Å². The molecule has 1 saturated heterocycles. The van der Waals surface area contributed by atoms with Crippen molar-refractivity contribution in [2.75, 3.05) is 41.2 Å². The highest BCUT2D eigenvalue weighted by atomic mass is 32.2. The number of hydrogen-bond acceptors (Lipinski definition) is 11. The van der Waals surface area contributed by atoms with Gasteiger partial charge in [-0.3, -0.25) is 4.72 Å². The molecule has 11 nitrogen and oxygen atoms in total. The van der Waals surface area contributed by atoms with E-state index in [1.165, 1.54) is 29.7 Å². The van der Waals surface area contributed by atoms with Gasteiger partial charge in [0, 0.05) is 30.5 Å². The number of sulfonamides is 1. The Bertz CT molecular complexity index is 2260. The minimum atomic E-state index is -4.86. The van der Waals surface area contributed by atoms with Gasteiger partial charge in [-0.2, -0.15) is 0 Å². The van der Waals surface area contributed by atoms with Gasteiger partial charge in [0.1, 0.15) is 11.6 Å². The van der Waals surface area contributed by atoms with Crippen LogP contribution in [0.15, 0.2) is 71.8 Å². The van der Waals surface area contributed by atoms with Gasteiger partial charge in [-0.15, -0.1) is 0 Å². The molecule has 2 aliphatic rings. The Morgan fingerprint density at radius 2 is 1.62 bits per heavy atom. The molecule has 1 fully saturated rings. The van der Waals surface area contributed by atoms with E-state index in [0.717, 1.165) is 29.8 Å². The third kappa shape index (κ3) is 6.33. The number of anilines is 4. The van der Waals surface area contributed by atoms with Gasteiger partial charge in [-0.25, -0.2) is 45.0 Å². The lowest BCUT2D eigenvalue weighted by molar-refractivity contribution is 0.122. The van der Waals surface area contributed by atoms with Crippen molar-refractivity contribution >= 4 is 53.7 Å².